The summed E-state index contributed by atoms with van der Waals surface area (Å²) in [5, 5.41) is 10.2. The smallest absolute Gasteiger partial charge is 0.156 e. The molecule has 1 N–H and O–H groups in total. The predicted octanol–water partition coefficient (Wildman–Crippen LogP) is 2.36. The summed E-state index contributed by atoms with van der Waals surface area (Å²) >= 11 is 0. The first-order valence-corrected chi connectivity index (χ1v) is 4.37. The number of aryl methyl sites for hydroxylation is 2. The van der Waals surface area contributed by atoms with E-state index in [-0.39, 0.29) is 6.04 Å². The highest BCUT2D eigenvalue weighted by Gasteiger charge is 2.29. The lowest BCUT2D eigenvalue weighted by Crippen LogP contribution is -2.19. The van der Waals surface area contributed by atoms with E-state index in [1.54, 1.807) is 0 Å². The molecule has 70 valence electrons. The van der Waals surface area contributed by atoms with Gasteiger partial charge in [0.1, 0.15) is 0 Å². The van der Waals surface area contributed by atoms with Gasteiger partial charge in [0.2, 0.25) is 0 Å². The zero-order chi connectivity index (χ0) is 9.59. The Labute approximate surface area is 77.5 Å². The molecule has 1 unspecified atom stereocenters. The molecule has 0 fully saturated rings. The molecule has 1 aromatic rings. The van der Waals surface area contributed by atoms with E-state index in [0.29, 0.717) is 0 Å². The third-order valence-electron chi connectivity index (χ3n) is 2.43. The lowest BCUT2D eigenvalue weighted by molar-refractivity contribution is -0.291. The van der Waals surface area contributed by atoms with Crippen molar-refractivity contribution >= 4 is 0 Å². The maximum absolute atomic E-state index is 9.35. The lowest BCUT2D eigenvalue weighted by Gasteiger charge is -2.10. The van der Waals surface area contributed by atoms with Gasteiger partial charge in [-0.25, -0.2) is 0 Å². The first-order valence-electron chi connectivity index (χ1n) is 4.37. The maximum atomic E-state index is 9.35. The molecule has 0 aromatic heterocycles. The summed E-state index contributed by atoms with van der Waals surface area (Å²) in [5.74, 6) is 0.771. The van der Waals surface area contributed by atoms with Crippen LogP contribution in [0.2, 0.25) is 0 Å². The second-order valence-corrected chi connectivity index (χ2v) is 3.56. The standard InChI is InChI=1S/C10H13NO2/c1-6-4-7(2)10-8(3)11(12)13-9(10)5-6/h4-5,8,12H,1-3H3. The van der Waals surface area contributed by atoms with E-state index in [9.17, 15) is 5.21 Å². The maximum Gasteiger partial charge on any atom is 0.156 e. The van der Waals surface area contributed by atoms with E-state index in [1.165, 1.54) is 5.56 Å². The summed E-state index contributed by atoms with van der Waals surface area (Å²) in [6, 6.07) is 3.96. The van der Waals surface area contributed by atoms with Gasteiger partial charge < -0.3 is 4.84 Å². The summed E-state index contributed by atoms with van der Waals surface area (Å²) in [6.07, 6.45) is 0. The Morgan fingerprint density at radius 3 is 2.77 bits per heavy atom. The van der Waals surface area contributed by atoms with Crippen molar-refractivity contribution in [3.63, 3.8) is 0 Å². The highest BCUT2D eigenvalue weighted by atomic mass is 16.9. The van der Waals surface area contributed by atoms with Gasteiger partial charge >= 0.3 is 0 Å². The summed E-state index contributed by atoms with van der Waals surface area (Å²) in [6.45, 7) is 5.96. The van der Waals surface area contributed by atoms with E-state index >= 15 is 0 Å². The Balaban J connectivity index is 2.57. The van der Waals surface area contributed by atoms with Crippen LogP contribution in [-0.4, -0.2) is 10.4 Å². The van der Waals surface area contributed by atoms with Crippen molar-refractivity contribution in [3.8, 4) is 5.75 Å². The van der Waals surface area contributed by atoms with Crippen molar-refractivity contribution < 1.29 is 10.0 Å². The fourth-order valence-corrected chi connectivity index (χ4v) is 1.84. The van der Waals surface area contributed by atoms with Crippen LogP contribution in [0.25, 0.3) is 0 Å². The monoisotopic (exact) mass is 179 g/mol. The van der Waals surface area contributed by atoms with Crippen molar-refractivity contribution in [1.82, 2.24) is 5.23 Å². The summed E-state index contributed by atoms with van der Waals surface area (Å²) in [7, 11) is 0. The molecule has 0 aliphatic carbocycles. The van der Waals surface area contributed by atoms with Crippen LogP contribution >= 0.6 is 0 Å². The van der Waals surface area contributed by atoms with E-state index in [0.717, 1.165) is 22.1 Å². The summed E-state index contributed by atoms with van der Waals surface area (Å²) < 4.78 is 0. The third kappa shape index (κ3) is 1.20. The van der Waals surface area contributed by atoms with Crippen LogP contribution in [0.3, 0.4) is 0 Å². The number of hydrogen-bond acceptors (Lipinski definition) is 3. The van der Waals surface area contributed by atoms with Crippen molar-refractivity contribution in [3.05, 3.63) is 28.8 Å². The van der Waals surface area contributed by atoms with Gasteiger partial charge in [-0.1, -0.05) is 6.07 Å². The van der Waals surface area contributed by atoms with Crippen LogP contribution in [0.5, 0.6) is 5.75 Å². The van der Waals surface area contributed by atoms with Crippen LogP contribution in [0, 0.1) is 13.8 Å². The summed E-state index contributed by atoms with van der Waals surface area (Å²) in [4.78, 5) is 5.17. The predicted molar refractivity (Wildman–Crippen MR) is 48.6 cm³/mol. The molecule has 2 rings (SSSR count). The van der Waals surface area contributed by atoms with Crippen LogP contribution < -0.4 is 4.84 Å². The minimum Gasteiger partial charge on any atom is -0.380 e. The van der Waals surface area contributed by atoms with Crippen molar-refractivity contribution in [1.29, 1.82) is 0 Å². The number of rotatable bonds is 0. The number of nitrogens with zero attached hydrogens (tertiary/aromatic N) is 1. The SMILES string of the molecule is Cc1cc(C)c2c(c1)ON(O)C2C. The first kappa shape index (κ1) is 8.53. The molecule has 0 saturated heterocycles. The molecule has 0 spiro atoms. The molecule has 13 heavy (non-hydrogen) atoms. The van der Waals surface area contributed by atoms with Crippen LogP contribution in [0.4, 0.5) is 0 Å². The molecule has 3 heteroatoms. The number of fused-ring (bicyclic) bond motifs is 1. The van der Waals surface area contributed by atoms with Gasteiger partial charge in [0.25, 0.3) is 0 Å². The van der Waals surface area contributed by atoms with Gasteiger partial charge in [-0.2, -0.15) is 0 Å². The Morgan fingerprint density at radius 2 is 2.08 bits per heavy atom. The Kier molecular flexibility index (Phi) is 1.78. The first-order chi connectivity index (χ1) is 6.09. The lowest BCUT2D eigenvalue weighted by atomic mass is 10.0. The average molecular weight is 179 g/mol. The zero-order valence-electron chi connectivity index (χ0n) is 8.03. The number of benzene rings is 1. The van der Waals surface area contributed by atoms with E-state index in [4.69, 9.17) is 4.84 Å². The fraction of sp³-hybridized carbons (Fsp3) is 0.400. The topological polar surface area (TPSA) is 32.7 Å². The fourth-order valence-electron chi connectivity index (χ4n) is 1.84. The quantitative estimate of drug-likeness (QED) is 0.663. The Hall–Kier alpha value is -1.06. The van der Waals surface area contributed by atoms with Crippen molar-refractivity contribution in [2.45, 2.75) is 26.8 Å². The molecule has 1 atom stereocenters. The zero-order valence-corrected chi connectivity index (χ0v) is 8.03. The molecule has 1 heterocycles. The second-order valence-electron chi connectivity index (χ2n) is 3.56. The Morgan fingerprint density at radius 1 is 1.38 bits per heavy atom. The van der Waals surface area contributed by atoms with Crippen LogP contribution in [0.15, 0.2) is 12.1 Å². The second kappa shape index (κ2) is 2.72. The van der Waals surface area contributed by atoms with Gasteiger partial charge in [0.05, 0.1) is 6.04 Å². The van der Waals surface area contributed by atoms with Crippen molar-refractivity contribution in [2.75, 3.05) is 0 Å². The van der Waals surface area contributed by atoms with Crippen LogP contribution in [-0.2, 0) is 0 Å². The van der Waals surface area contributed by atoms with Crippen molar-refractivity contribution in [2.24, 2.45) is 0 Å². The minimum atomic E-state index is -0.0735. The van der Waals surface area contributed by atoms with Gasteiger partial charge in [0.15, 0.2) is 5.75 Å². The molecule has 3 nitrogen and oxygen atoms in total. The van der Waals surface area contributed by atoms with Crippen LogP contribution in [0.1, 0.15) is 29.7 Å². The molecular weight excluding hydrogens is 166 g/mol. The molecular formula is C10H13NO2. The Bertz CT molecular complexity index is 349. The molecule has 0 bridgehead atoms. The molecule has 0 radical (unpaired) electrons. The van der Waals surface area contributed by atoms with Gasteiger partial charge in [-0.3, -0.25) is 5.21 Å². The normalized spacial score (nSPS) is 21.4. The highest BCUT2D eigenvalue weighted by molar-refractivity contribution is 5.46. The summed E-state index contributed by atoms with van der Waals surface area (Å²) in [5.41, 5.74) is 3.39. The largest absolute Gasteiger partial charge is 0.380 e. The third-order valence-corrected chi connectivity index (χ3v) is 2.43. The molecule has 1 aliphatic rings. The van der Waals surface area contributed by atoms with Gasteiger partial charge in [-0.15, -0.1) is 0 Å². The highest BCUT2D eigenvalue weighted by Crippen LogP contribution is 2.38. The molecule has 1 aromatic carbocycles. The van der Waals surface area contributed by atoms with Gasteiger partial charge in [0, 0.05) is 5.56 Å². The minimum absolute atomic E-state index is 0.0735. The van der Waals surface area contributed by atoms with Gasteiger partial charge in [-0.05, 0) is 43.2 Å². The number of hydrogen-bond donors (Lipinski definition) is 1. The van der Waals surface area contributed by atoms with E-state index in [2.05, 4.69) is 6.07 Å². The molecule has 0 saturated carbocycles. The average Bonchev–Trinajstić information content (AvgIpc) is 2.27. The number of hydroxylamine groups is 2. The molecule has 1 aliphatic heterocycles. The van der Waals surface area contributed by atoms with E-state index in [1.807, 2.05) is 26.8 Å². The molecule has 0 amide bonds. The van der Waals surface area contributed by atoms with E-state index < -0.39 is 0 Å².